The predicted octanol–water partition coefficient (Wildman–Crippen LogP) is 2.88. The van der Waals surface area contributed by atoms with Gasteiger partial charge in [0.15, 0.2) is 12.6 Å². The van der Waals surface area contributed by atoms with Gasteiger partial charge in [0.1, 0.15) is 12.4 Å². The zero-order chi connectivity index (χ0) is 17.2. The number of methoxy groups -OCH3 is 2. The lowest BCUT2D eigenvalue weighted by atomic mass is 10.1. The van der Waals surface area contributed by atoms with E-state index in [4.69, 9.17) is 14.2 Å². The zero-order valence-corrected chi connectivity index (χ0v) is 13.9. The Kier molecular flexibility index (Phi) is 7.14. The van der Waals surface area contributed by atoms with Crippen LogP contribution in [-0.4, -0.2) is 38.4 Å². The Morgan fingerprint density at radius 2 is 1.88 bits per heavy atom. The molecule has 5 nitrogen and oxygen atoms in total. The van der Waals surface area contributed by atoms with Gasteiger partial charge in [-0.2, -0.15) is 0 Å². The molecule has 0 bridgehead atoms. The molecule has 0 unspecified atom stereocenters. The third-order valence-corrected chi connectivity index (χ3v) is 3.23. The van der Waals surface area contributed by atoms with Crippen LogP contribution in [0.4, 0.5) is 0 Å². The highest BCUT2D eigenvalue weighted by Crippen LogP contribution is 2.21. The largest absolute Gasteiger partial charge is 0.466 e. The predicted molar refractivity (Wildman–Crippen MR) is 91.9 cm³/mol. The van der Waals surface area contributed by atoms with Gasteiger partial charge in [-0.25, -0.2) is 4.98 Å². The van der Waals surface area contributed by atoms with Crippen LogP contribution in [0.3, 0.4) is 0 Å². The summed E-state index contributed by atoms with van der Waals surface area (Å²) in [6.45, 7) is 0.216. The molecule has 0 saturated heterocycles. The van der Waals surface area contributed by atoms with E-state index < -0.39 is 0 Å². The number of ether oxygens (including phenoxy) is 3. The van der Waals surface area contributed by atoms with Gasteiger partial charge in [-0.3, -0.25) is 4.79 Å². The smallest absolute Gasteiger partial charge is 0.188 e. The molecular formula is C19H21NO4. The average molecular weight is 327 g/mol. The van der Waals surface area contributed by atoms with Gasteiger partial charge in [-0.05, 0) is 29.8 Å². The second-order valence-corrected chi connectivity index (χ2v) is 5.13. The molecule has 0 fully saturated rings. The Hall–Kier alpha value is -2.50. The number of nitrogens with zero attached hydrogens (tertiary/aromatic N) is 1. The zero-order valence-electron chi connectivity index (χ0n) is 13.9. The minimum absolute atomic E-state index is 0.0579. The third kappa shape index (κ3) is 5.61. The Bertz CT molecular complexity index is 683. The van der Waals surface area contributed by atoms with E-state index in [-0.39, 0.29) is 19.2 Å². The first-order chi connectivity index (χ1) is 11.7. The number of pyridine rings is 1. The van der Waals surface area contributed by atoms with Gasteiger partial charge in [0, 0.05) is 20.6 Å². The van der Waals surface area contributed by atoms with E-state index in [0.717, 1.165) is 11.3 Å². The molecule has 5 heteroatoms. The molecule has 0 aliphatic rings. The highest BCUT2D eigenvalue weighted by molar-refractivity contribution is 5.94. The molecule has 0 atom stereocenters. The first kappa shape index (κ1) is 17.8. The molecule has 0 radical (unpaired) electrons. The van der Waals surface area contributed by atoms with E-state index in [1.54, 1.807) is 19.3 Å². The van der Waals surface area contributed by atoms with Crippen LogP contribution in [0.1, 0.15) is 17.0 Å². The first-order valence-electron chi connectivity index (χ1n) is 7.58. The summed E-state index contributed by atoms with van der Waals surface area (Å²) in [7, 11) is 3.06. The van der Waals surface area contributed by atoms with Gasteiger partial charge >= 0.3 is 0 Å². The molecule has 126 valence electrons. The van der Waals surface area contributed by atoms with Crippen LogP contribution in [0.2, 0.25) is 0 Å². The van der Waals surface area contributed by atoms with E-state index in [0.29, 0.717) is 17.9 Å². The quantitative estimate of drug-likeness (QED) is 0.523. The second kappa shape index (κ2) is 9.60. The number of hydrogen-bond acceptors (Lipinski definition) is 5. The number of hydrogen-bond donors (Lipinski definition) is 0. The number of rotatable bonds is 9. The number of carbonyl (C=O) groups excluding carboxylic acids is 1. The van der Waals surface area contributed by atoms with E-state index >= 15 is 0 Å². The Balaban J connectivity index is 2.22. The molecule has 0 spiro atoms. The van der Waals surface area contributed by atoms with E-state index in [9.17, 15) is 4.79 Å². The fourth-order valence-corrected chi connectivity index (χ4v) is 2.14. The van der Waals surface area contributed by atoms with Gasteiger partial charge in [-0.15, -0.1) is 0 Å². The summed E-state index contributed by atoms with van der Waals surface area (Å²) < 4.78 is 15.3. The summed E-state index contributed by atoms with van der Waals surface area (Å²) in [5, 5.41) is 0. The molecule has 0 N–H and O–H groups in total. The molecule has 24 heavy (non-hydrogen) atoms. The molecular weight excluding hydrogens is 306 g/mol. The summed E-state index contributed by atoms with van der Waals surface area (Å²) in [4.78, 5) is 16.1. The summed E-state index contributed by atoms with van der Waals surface area (Å²) >= 11 is 0. The van der Waals surface area contributed by atoms with Crippen molar-refractivity contribution in [1.82, 2.24) is 4.98 Å². The first-order valence-corrected chi connectivity index (χ1v) is 7.58. The minimum atomic E-state index is -0.108. The lowest BCUT2D eigenvalue weighted by Crippen LogP contribution is -2.05. The number of carbonyl (C=O) groups is 1. The molecule has 2 aromatic rings. The monoisotopic (exact) mass is 327 g/mol. The lowest BCUT2D eigenvalue weighted by molar-refractivity contribution is -0.117. The molecule has 0 saturated carbocycles. The maximum atomic E-state index is 11.5. The molecule has 1 aromatic heterocycles. The van der Waals surface area contributed by atoms with E-state index in [2.05, 4.69) is 4.98 Å². The maximum Gasteiger partial charge on any atom is 0.188 e. The van der Waals surface area contributed by atoms with Crippen molar-refractivity contribution in [2.75, 3.05) is 27.6 Å². The van der Waals surface area contributed by atoms with Gasteiger partial charge in [0.2, 0.25) is 0 Å². The summed E-state index contributed by atoms with van der Waals surface area (Å²) in [6.07, 6.45) is 3.78. The van der Waals surface area contributed by atoms with E-state index in [1.807, 2.05) is 36.4 Å². The van der Waals surface area contributed by atoms with Crippen LogP contribution in [0.15, 0.2) is 48.5 Å². The SMILES string of the molecule is COCOc1ccc(C=CC(=O)COC)nc1Cc1ccccc1. The molecule has 1 heterocycles. The Morgan fingerprint density at radius 1 is 1.08 bits per heavy atom. The van der Waals surface area contributed by atoms with Crippen LogP contribution in [0.5, 0.6) is 5.75 Å². The van der Waals surface area contributed by atoms with Crippen molar-refractivity contribution in [1.29, 1.82) is 0 Å². The van der Waals surface area contributed by atoms with Crippen LogP contribution in [-0.2, 0) is 20.7 Å². The highest BCUT2D eigenvalue weighted by atomic mass is 16.7. The molecule has 0 aliphatic heterocycles. The van der Waals surface area contributed by atoms with Crippen molar-refractivity contribution in [2.45, 2.75) is 6.42 Å². The molecule has 0 aliphatic carbocycles. The average Bonchev–Trinajstić information content (AvgIpc) is 2.60. The Morgan fingerprint density at radius 3 is 2.58 bits per heavy atom. The fraction of sp³-hybridized carbons (Fsp3) is 0.263. The van der Waals surface area contributed by atoms with Crippen LogP contribution >= 0.6 is 0 Å². The molecule has 2 rings (SSSR count). The number of aromatic nitrogens is 1. The molecule has 1 aromatic carbocycles. The van der Waals surface area contributed by atoms with Crippen LogP contribution in [0, 0.1) is 0 Å². The second-order valence-electron chi connectivity index (χ2n) is 5.13. The van der Waals surface area contributed by atoms with Crippen molar-refractivity contribution >= 4 is 11.9 Å². The molecule has 0 amide bonds. The van der Waals surface area contributed by atoms with E-state index in [1.165, 1.54) is 13.2 Å². The van der Waals surface area contributed by atoms with Crippen LogP contribution < -0.4 is 4.74 Å². The standard InChI is InChI=1S/C19H21NO4/c1-22-13-17(21)10-8-16-9-11-19(24-14-23-2)18(20-16)12-15-6-4-3-5-7-15/h3-11H,12-14H2,1-2H3. The van der Waals surface area contributed by atoms with Crippen molar-refractivity contribution in [2.24, 2.45) is 0 Å². The summed E-state index contributed by atoms with van der Waals surface area (Å²) in [5.74, 6) is 0.560. The third-order valence-electron chi connectivity index (χ3n) is 3.23. The van der Waals surface area contributed by atoms with Gasteiger partial charge < -0.3 is 14.2 Å². The number of benzene rings is 1. The Labute approximate surface area is 141 Å². The minimum Gasteiger partial charge on any atom is -0.466 e. The lowest BCUT2D eigenvalue weighted by Gasteiger charge is -2.11. The van der Waals surface area contributed by atoms with Gasteiger partial charge in [0.25, 0.3) is 0 Å². The fourth-order valence-electron chi connectivity index (χ4n) is 2.14. The van der Waals surface area contributed by atoms with Gasteiger partial charge in [0.05, 0.1) is 11.4 Å². The maximum absolute atomic E-state index is 11.5. The van der Waals surface area contributed by atoms with Gasteiger partial charge in [-0.1, -0.05) is 30.3 Å². The van der Waals surface area contributed by atoms with Crippen LogP contribution in [0.25, 0.3) is 6.08 Å². The van der Waals surface area contributed by atoms with Crippen molar-refractivity contribution in [3.8, 4) is 5.75 Å². The summed E-state index contributed by atoms with van der Waals surface area (Å²) in [5.41, 5.74) is 2.61. The van der Waals surface area contributed by atoms with Crippen molar-refractivity contribution < 1.29 is 19.0 Å². The van der Waals surface area contributed by atoms with Crippen molar-refractivity contribution in [3.63, 3.8) is 0 Å². The number of ketones is 1. The normalized spacial score (nSPS) is 10.9. The summed E-state index contributed by atoms with van der Waals surface area (Å²) in [6, 6.07) is 13.6. The highest BCUT2D eigenvalue weighted by Gasteiger charge is 2.08. The van der Waals surface area contributed by atoms with Crippen molar-refractivity contribution in [3.05, 3.63) is 65.5 Å². The topological polar surface area (TPSA) is 57.7 Å².